The molecule has 1 aromatic heterocycles. The van der Waals surface area contributed by atoms with E-state index in [4.69, 9.17) is 0 Å². The first-order valence-corrected chi connectivity index (χ1v) is 7.69. The Morgan fingerprint density at radius 3 is 2.40 bits per heavy atom. The number of pyridine rings is 1. The molecule has 0 saturated carbocycles. The van der Waals surface area contributed by atoms with Crippen LogP contribution in [0, 0.1) is 6.92 Å². The second-order valence-electron chi connectivity index (χ2n) is 5.44. The highest BCUT2D eigenvalue weighted by molar-refractivity contribution is 9.10. The van der Waals surface area contributed by atoms with Gasteiger partial charge < -0.3 is 4.90 Å². The minimum absolute atomic E-state index is 0.343. The van der Waals surface area contributed by atoms with E-state index in [1.807, 2.05) is 6.07 Å². The Morgan fingerprint density at radius 1 is 1.10 bits per heavy atom. The van der Waals surface area contributed by atoms with Crippen molar-refractivity contribution in [1.29, 1.82) is 0 Å². The van der Waals surface area contributed by atoms with Crippen LogP contribution >= 0.6 is 15.9 Å². The lowest BCUT2D eigenvalue weighted by atomic mass is 9.91. The Balaban J connectivity index is 2.31. The topological polar surface area (TPSA) is 16.1 Å². The summed E-state index contributed by atoms with van der Waals surface area (Å²) >= 11 is 3.47. The molecule has 0 aliphatic carbocycles. The van der Waals surface area contributed by atoms with Crippen molar-refractivity contribution in [3.8, 4) is 0 Å². The normalized spacial score (nSPS) is 12.7. The summed E-state index contributed by atoms with van der Waals surface area (Å²) in [6, 6.07) is 14.9. The Bertz CT molecular complexity index is 549. The number of halogens is 1. The van der Waals surface area contributed by atoms with E-state index in [9.17, 15) is 0 Å². The minimum Gasteiger partial charge on any atom is -0.309 e. The van der Waals surface area contributed by atoms with Gasteiger partial charge in [-0.05, 0) is 67.6 Å². The van der Waals surface area contributed by atoms with E-state index in [2.05, 4.69) is 83.2 Å². The highest BCUT2D eigenvalue weighted by atomic mass is 79.9. The van der Waals surface area contributed by atoms with Crippen LogP contribution in [0.4, 0.5) is 0 Å². The number of hydrogen-bond donors (Lipinski definition) is 0. The van der Waals surface area contributed by atoms with E-state index in [0.717, 1.165) is 23.3 Å². The molecule has 1 aromatic carbocycles. The van der Waals surface area contributed by atoms with Crippen molar-refractivity contribution in [1.82, 2.24) is 9.88 Å². The molecular weight excluding hydrogens is 312 g/mol. The standard InChI is InChI=1S/C17H21BrN2/c1-13-7-9-14(10-8-13)15(11-12-20(2)3)16-5-4-6-17(18)19-16/h4-10,15H,11-12H2,1-3H3. The number of hydrogen-bond acceptors (Lipinski definition) is 2. The number of nitrogens with zero attached hydrogens (tertiary/aromatic N) is 2. The van der Waals surface area contributed by atoms with Crippen molar-refractivity contribution in [3.05, 3.63) is 63.9 Å². The zero-order chi connectivity index (χ0) is 14.5. The molecule has 1 heterocycles. The van der Waals surface area contributed by atoms with Crippen LogP contribution in [0.15, 0.2) is 47.1 Å². The third-order valence-electron chi connectivity index (χ3n) is 3.44. The number of benzene rings is 1. The van der Waals surface area contributed by atoms with Crippen LogP contribution in [0.2, 0.25) is 0 Å². The van der Waals surface area contributed by atoms with Gasteiger partial charge in [0.25, 0.3) is 0 Å². The Kier molecular flexibility index (Phi) is 5.32. The lowest BCUT2D eigenvalue weighted by Gasteiger charge is -2.20. The molecule has 0 saturated heterocycles. The zero-order valence-corrected chi connectivity index (χ0v) is 13.9. The fourth-order valence-electron chi connectivity index (χ4n) is 2.29. The van der Waals surface area contributed by atoms with Crippen LogP contribution in [0.5, 0.6) is 0 Å². The third kappa shape index (κ3) is 4.15. The average Bonchev–Trinajstić information content (AvgIpc) is 2.41. The lowest BCUT2D eigenvalue weighted by Crippen LogP contribution is -2.17. The summed E-state index contributed by atoms with van der Waals surface area (Å²) < 4.78 is 0.900. The van der Waals surface area contributed by atoms with Crippen molar-refractivity contribution in [2.75, 3.05) is 20.6 Å². The first-order valence-electron chi connectivity index (χ1n) is 6.90. The van der Waals surface area contributed by atoms with E-state index in [1.54, 1.807) is 0 Å². The van der Waals surface area contributed by atoms with E-state index in [0.29, 0.717) is 5.92 Å². The van der Waals surface area contributed by atoms with Gasteiger partial charge in [-0.3, -0.25) is 0 Å². The van der Waals surface area contributed by atoms with E-state index >= 15 is 0 Å². The van der Waals surface area contributed by atoms with E-state index < -0.39 is 0 Å². The van der Waals surface area contributed by atoms with Crippen LogP contribution in [-0.2, 0) is 0 Å². The Labute approximate surface area is 130 Å². The molecule has 2 nitrogen and oxygen atoms in total. The maximum absolute atomic E-state index is 4.65. The maximum atomic E-state index is 4.65. The van der Waals surface area contributed by atoms with Crippen molar-refractivity contribution in [2.45, 2.75) is 19.3 Å². The molecule has 2 aromatic rings. The first kappa shape index (κ1) is 15.2. The van der Waals surface area contributed by atoms with Crippen molar-refractivity contribution in [3.63, 3.8) is 0 Å². The summed E-state index contributed by atoms with van der Waals surface area (Å²) in [5, 5.41) is 0. The van der Waals surface area contributed by atoms with Gasteiger partial charge >= 0.3 is 0 Å². The molecule has 0 spiro atoms. The molecule has 1 unspecified atom stereocenters. The molecule has 0 aliphatic heterocycles. The average molecular weight is 333 g/mol. The predicted octanol–water partition coefficient (Wildman–Crippen LogP) is 4.24. The van der Waals surface area contributed by atoms with Gasteiger partial charge in [0.05, 0.1) is 0 Å². The molecule has 0 aliphatic rings. The summed E-state index contributed by atoms with van der Waals surface area (Å²) in [6.45, 7) is 3.17. The monoisotopic (exact) mass is 332 g/mol. The van der Waals surface area contributed by atoms with Gasteiger partial charge in [-0.1, -0.05) is 35.9 Å². The first-order chi connectivity index (χ1) is 9.56. The van der Waals surface area contributed by atoms with Crippen LogP contribution in [0.25, 0.3) is 0 Å². The van der Waals surface area contributed by atoms with Gasteiger partial charge in [-0.2, -0.15) is 0 Å². The second kappa shape index (κ2) is 7.00. The van der Waals surface area contributed by atoms with Gasteiger partial charge in [0.15, 0.2) is 0 Å². The summed E-state index contributed by atoms with van der Waals surface area (Å²) in [5.41, 5.74) is 3.76. The van der Waals surface area contributed by atoms with Crippen LogP contribution in [0.3, 0.4) is 0 Å². The summed E-state index contributed by atoms with van der Waals surface area (Å²) in [6.07, 6.45) is 1.07. The minimum atomic E-state index is 0.343. The Hall–Kier alpha value is -1.19. The molecule has 0 N–H and O–H groups in total. The molecule has 20 heavy (non-hydrogen) atoms. The molecule has 0 radical (unpaired) electrons. The van der Waals surface area contributed by atoms with Crippen LogP contribution in [0.1, 0.15) is 29.2 Å². The molecule has 0 amide bonds. The quantitative estimate of drug-likeness (QED) is 0.761. The van der Waals surface area contributed by atoms with Gasteiger partial charge in [0.1, 0.15) is 4.60 Å². The molecule has 0 bridgehead atoms. The van der Waals surface area contributed by atoms with Crippen molar-refractivity contribution in [2.24, 2.45) is 0 Å². The van der Waals surface area contributed by atoms with E-state index in [-0.39, 0.29) is 0 Å². The second-order valence-corrected chi connectivity index (χ2v) is 6.25. The van der Waals surface area contributed by atoms with Crippen LogP contribution in [-0.4, -0.2) is 30.5 Å². The van der Waals surface area contributed by atoms with Gasteiger partial charge in [0.2, 0.25) is 0 Å². The maximum Gasteiger partial charge on any atom is 0.106 e. The summed E-state index contributed by atoms with van der Waals surface area (Å²) in [7, 11) is 4.22. The molecule has 106 valence electrons. The molecule has 0 fully saturated rings. The largest absolute Gasteiger partial charge is 0.309 e. The predicted molar refractivity (Wildman–Crippen MR) is 88.1 cm³/mol. The fourth-order valence-corrected chi connectivity index (χ4v) is 2.65. The molecule has 2 rings (SSSR count). The van der Waals surface area contributed by atoms with Crippen LogP contribution < -0.4 is 0 Å². The Morgan fingerprint density at radius 2 is 1.80 bits per heavy atom. The van der Waals surface area contributed by atoms with Gasteiger partial charge in [-0.15, -0.1) is 0 Å². The number of aryl methyl sites for hydroxylation is 1. The zero-order valence-electron chi connectivity index (χ0n) is 12.3. The third-order valence-corrected chi connectivity index (χ3v) is 3.88. The smallest absolute Gasteiger partial charge is 0.106 e. The molecular formula is C17H21BrN2. The van der Waals surface area contributed by atoms with E-state index in [1.165, 1.54) is 11.1 Å². The van der Waals surface area contributed by atoms with Gasteiger partial charge in [-0.25, -0.2) is 4.98 Å². The SMILES string of the molecule is Cc1ccc(C(CCN(C)C)c2cccc(Br)n2)cc1. The van der Waals surface area contributed by atoms with Crippen molar-refractivity contribution < 1.29 is 0 Å². The van der Waals surface area contributed by atoms with Gasteiger partial charge in [0, 0.05) is 11.6 Å². The highest BCUT2D eigenvalue weighted by Gasteiger charge is 2.16. The molecule has 1 atom stereocenters. The summed E-state index contributed by atoms with van der Waals surface area (Å²) in [4.78, 5) is 6.87. The number of rotatable bonds is 5. The fraction of sp³-hybridized carbons (Fsp3) is 0.353. The highest BCUT2D eigenvalue weighted by Crippen LogP contribution is 2.28. The lowest BCUT2D eigenvalue weighted by molar-refractivity contribution is 0.389. The number of aromatic nitrogens is 1. The molecule has 3 heteroatoms. The van der Waals surface area contributed by atoms with Crippen molar-refractivity contribution >= 4 is 15.9 Å². The summed E-state index contributed by atoms with van der Waals surface area (Å²) in [5.74, 6) is 0.343.